The molecular formula is C27H48O6S. The summed E-state index contributed by atoms with van der Waals surface area (Å²) in [7, 11) is -1.86. The van der Waals surface area contributed by atoms with Gasteiger partial charge in [-0.25, -0.2) is 0 Å². The minimum absolute atomic E-state index is 0.0146. The van der Waals surface area contributed by atoms with Gasteiger partial charge in [-0.1, -0.05) is 75.7 Å². The standard InChI is InChI=1S/C27H48O6S/c1-13-14-18-19(21(32-11)22(33-12)20(28)23(18)34(29,30)31)24(26(7,8)15-17(2)3)27(9,10)16-25(4,5)6/h17,24,28H,13-16H2,1-12H3,(H,29,30,31). The second-order valence-corrected chi connectivity index (χ2v) is 14.0. The maximum absolute atomic E-state index is 12.6. The fourth-order valence-electron chi connectivity index (χ4n) is 6.69. The minimum atomic E-state index is -4.73. The fraction of sp³-hybridized carbons (Fsp3) is 0.778. The molecule has 2 N–H and O–H groups in total. The summed E-state index contributed by atoms with van der Waals surface area (Å²) in [5, 5.41) is 10.9. The molecule has 1 atom stereocenters. The molecule has 0 aliphatic heterocycles. The number of methoxy groups -OCH3 is 2. The zero-order valence-electron chi connectivity index (χ0n) is 23.4. The predicted molar refractivity (Wildman–Crippen MR) is 139 cm³/mol. The van der Waals surface area contributed by atoms with Crippen LogP contribution in [-0.4, -0.2) is 32.3 Å². The van der Waals surface area contributed by atoms with Crippen molar-refractivity contribution in [3.63, 3.8) is 0 Å². The topological polar surface area (TPSA) is 93.1 Å². The molecule has 0 aromatic heterocycles. The van der Waals surface area contributed by atoms with Crippen LogP contribution in [0.15, 0.2) is 4.90 Å². The van der Waals surface area contributed by atoms with Crippen molar-refractivity contribution in [2.24, 2.45) is 22.2 Å². The quantitative estimate of drug-likeness (QED) is 0.311. The summed E-state index contributed by atoms with van der Waals surface area (Å²) >= 11 is 0. The first-order valence-electron chi connectivity index (χ1n) is 12.2. The van der Waals surface area contributed by atoms with Crippen LogP contribution in [0.5, 0.6) is 17.2 Å². The largest absolute Gasteiger partial charge is 0.503 e. The monoisotopic (exact) mass is 500 g/mol. The van der Waals surface area contributed by atoms with E-state index in [2.05, 4.69) is 62.3 Å². The van der Waals surface area contributed by atoms with Crippen molar-refractivity contribution in [1.29, 1.82) is 0 Å². The Morgan fingerprint density at radius 1 is 0.912 bits per heavy atom. The molecule has 7 heteroatoms. The number of phenols is 1. The molecule has 34 heavy (non-hydrogen) atoms. The summed E-state index contributed by atoms with van der Waals surface area (Å²) in [5.74, 6) is -0.0959. The van der Waals surface area contributed by atoms with Gasteiger partial charge in [-0.05, 0) is 52.9 Å². The van der Waals surface area contributed by atoms with E-state index in [1.165, 1.54) is 14.2 Å². The van der Waals surface area contributed by atoms with Crippen LogP contribution in [0, 0.1) is 22.2 Å². The van der Waals surface area contributed by atoms with Crippen molar-refractivity contribution in [1.82, 2.24) is 0 Å². The summed E-state index contributed by atoms with van der Waals surface area (Å²) in [6.07, 6.45) is 2.75. The van der Waals surface area contributed by atoms with Crippen LogP contribution in [0.3, 0.4) is 0 Å². The Balaban J connectivity index is 4.38. The Bertz CT molecular complexity index is 953. The smallest absolute Gasteiger partial charge is 0.298 e. The van der Waals surface area contributed by atoms with E-state index in [4.69, 9.17) is 9.47 Å². The van der Waals surface area contributed by atoms with Gasteiger partial charge in [-0.15, -0.1) is 0 Å². The highest BCUT2D eigenvalue weighted by molar-refractivity contribution is 7.86. The second-order valence-electron chi connectivity index (χ2n) is 12.6. The van der Waals surface area contributed by atoms with Crippen molar-refractivity contribution >= 4 is 10.1 Å². The molecule has 0 amide bonds. The molecule has 0 spiro atoms. The minimum Gasteiger partial charge on any atom is -0.503 e. The van der Waals surface area contributed by atoms with Crippen LogP contribution in [0.4, 0.5) is 0 Å². The predicted octanol–water partition coefficient (Wildman–Crippen LogP) is 7.23. The Labute approximate surface area is 208 Å². The molecule has 0 saturated heterocycles. The molecule has 0 fully saturated rings. The average Bonchev–Trinajstić information content (AvgIpc) is 2.58. The van der Waals surface area contributed by atoms with Crippen LogP contribution in [0.25, 0.3) is 0 Å². The molecule has 198 valence electrons. The highest BCUT2D eigenvalue weighted by Gasteiger charge is 2.48. The Morgan fingerprint density at radius 2 is 1.41 bits per heavy atom. The molecule has 0 aliphatic carbocycles. The van der Waals surface area contributed by atoms with E-state index >= 15 is 0 Å². The van der Waals surface area contributed by atoms with Gasteiger partial charge < -0.3 is 14.6 Å². The van der Waals surface area contributed by atoms with Gasteiger partial charge in [0.15, 0.2) is 11.5 Å². The number of phenolic OH excluding ortho intramolecular Hbond substituents is 1. The molecule has 1 aromatic carbocycles. The third-order valence-corrected chi connectivity index (χ3v) is 7.37. The highest BCUT2D eigenvalue weighted by atomic mass is 32.2. The molecule has 0 radical (unpaired) electrons. The van der Waals surface area contributed by atoms with E-state index < -0.39 is 20.8 Å². The lowest BCUT2D eigenvalue weighted by atomic mass is 9.55. The van der Waals surface area contributed by atoms with E-state index in [0.717, 1.165) is 12.8 Å². The van der Waals surface area contributed by atoms with Crippen molar-refractivity contribution in [2.75, 3.05) is 14.2 Å². The van der Waals surface area contributed by atoms with Crippen LogP contribution >= 0.6 is 0 Å². The van der Waals surface area contributed by atoms with Gasteiger partial charge in [-0.3, -0.25) is 4.55 Å². The third kappa shape index (κ3) is 6.81. The lowest BCUT2D eigenvalue weighted by molar-refractivity contribution is 0.0760. The van der Waals surface area contributed by atoms with Crippen LogP contribution < -0.4 is 9.47 Å². The molecule has 0 heterocycles. The van der Waals surface area contributed by atoms with Crippen LogP contribution in [0.2, 0.25) is 0 Å². The van der Waals surface area contributed by atoms with E-state index in [1.54, 1.807) is 0 Å². The number of hydrogen-bond acceptors (Lipinski definition) is 5. The van der Waals surface area contributed by atoms with E-state index in [0.29, 0.717) is 35.6 Å². The number of benzene rings is 1. The molecule has 1 unspecified atom stereocenters. The molecule has 0 saturated carbocycles. The van der Waals surface area contributed by atoms with Gasteiger partial charge in [0.2, 0.25) is 5.75 Å². The average molecular weight is 501 g/mol. The zero-order valence-corrected chi connectivity index (χ0v) is 24.2. The summed E-state index contributed by atoms with van der Waals surface area (Å²) in [5.41, 5.74) is 0.568. The number of ether oxygens (including phenoxy) is 2. The van der Waals surface area contributed by atoms with Gasteiger partial charge in [0, 0.05) is 5.56 Å². The maximum Gasteiger partial charge on any atom is 0.298 e. The van der Waals surface area contributed by atoms with Crippen LogP contribution in [-0.2, 0) is 16.5 Å². The van der Waals surface area contributed by atoms with Gasteiger partial charge >= 0.3 is 0 Å². The van der Waals surface area contributed by atoms with E-state index in [-0.39, 0.29) is 27.9 Å². The molecule has 6 nitrogen and oxygen atoms in total. The molecule has 0 bridgehead atoms. The van der Waals surface area contributed by atoms with Crippen molar-refractivity contribution in [3.8, 4) is 17.2 Å². The van der Waals surface area contributed by atoms with Gasteiger partial charge in [0.25, 0.3) is 10.1 Å². The van der Waals surface area contributed by atoms with Crippen molar-refractivity contribution in [2.45, 2.75) is 106 Å². The normalized spacial score (nSPS) is 14.4. The molecule has 1 rings (SSSR count). The molecule has 1 aromatic rings. The zero-order chi connectivity index (χ0) is 26.9. The second kappa shape index (κ2) is 10.7. The lowest BCUT2D eigenvalue weighted by Gasteiger charge is -2.49. The maximum atomic E-state index is 12.6. The lowest BCUT2D eigenvalue weighted by Crippen LogP contribution is -2.38. The summed E-state index contributed by atoms with van der Waals surface area (Å²) in [6, 6.07) is 0. The van der Waals surface area contributed by atoms with E-state index in [9.17, 15) is 18.1 Å². The van der Waals surface area contributed by atoms with Gasteiger partial charge in [0.1, 0.15) is 4.90 Å². The molecule has 0 aliphatic rings. The summed E-state index contributed by atoms with van der Waals surface area (Å²) < 4.78 is 46.7. The van der Waals surface area contributed by atoms with E-state index in [1.807, 2.05) is 6.92 Å². The molecular weight excluding hydrogens is 452 g/mol. The third-order valence-electron chi connectivity index (χ3n) is 6.42. The first-order valence-corrected chi connectivity index (χ1v) is 13.7. The van der Waals surface area contributed by atoms with Crippen molar-refractivity contribution < 1.29 is 27.6 Å². The summed E-state index contributed by atoms with van der Waals surface area (Å²) in [4.78, 5) is -0.473. The highest BCUT2D eigenvalue weighted by Crippen LogP contribution is 2.60. The first kappa shape index (κ1) is 30.6. The van der Waals surface area contributed by atoms with Gasteiger partial charge in [0.05, 0.1) is 14.2 Å². The Hall–Kier alpha value is -1.47. The van der Waals surface area contributed by atoms with Crippen molar-refractivity contribution in [3.05, 3.63) is 11.1 Å². The number of rotatable bonds is 11. The number of aromatic hydroxyl groups is 1. The Kier molecular flexibility index (Phi) is 9.57. The first-order chi connectivity index (χ1) is 15.2. The number of hydrogen-bond donors (Lipinski definition) is 2. The van der Waals surface area contributed by atoms with Crippen LogP contribution in [0.1, 0.15) is 106 Å². The Morgan fingerprint density at radius 3 is 1.76 bits per heavy atom. The SMILES string of the molecule is CCCc1c(C(C(C)(C)CC(C)C)C(C)(C)CC(C)(C)C)c(OC)c(OC)c(O)c1S(=O)(=O)O. The summed E-state index contributed by atoms with van der Waals surface area (Å²) in [6.45, 7) is 21.8. The van der Waals surface area contributed by atoms with Gasteiger partial charge in [-0.2, -0.15) is 8.42 Å². The fourth-order valence-corrected chi connectivity index (χ4v) is 7.55.